The van der Waals surface area contributed by atoms with Crippen LogP contribution in [-0.4, -0.2) is 35.9 Å². The molecule has 0 saturated heterocycles. The number of rotatable bonds is 6. The molecule has 0 amide bonds. The minimum Gasteiger partial charge on any atom is -0.478 e. The highest BCUT2D eigenvalue weighted by Gasteiger charge is 2.32. The Balaban J connectivity index is 2.31. The third-order valence-corrected chi connectivity index (χ3v) is 3.27. The van der Waals surface area contributed by atoms with Crippen molar-refractivity contribution < 1.29 is 15.0 Å². The number of hydrogen-bond acceptors (Lipinski definition) is 3. The highest BCUT2D eigenvalue weighted by atomic mass is 16.4. The van der Waals surface area contributed by atoms with Gasteiger partial charge >= 0.3 is 5.97 Å². The fourth-order valence-electron chi connectivity index (χ4n) is 2.30. The monoisotopic (exact) mass is 227 g/mol. The Morgan fingerprint density at radius 3 is 2.56 bits per heavy atom. The van der Waals surface area contributed by atoms with Gasteiger partial charge in [-0.05, 0) is 19.8 Å². The van der Waals surface area contributed by atoms with Gasteiger partial charge < -0.3 is 15.5 Å². The number of nitrogens with one attached hydrogen (secondary N) is 1. The van der Waals surface area contributed by atoms with Crippen molar-refractivity contribution in [1.82, 2.24) is 5.32 Å². The highest BCUT2D eigenvalue weighted by molar-refractivity contribution is 5.80. The Morgan fingerprint density at radius 1 is 1.44 bits per heavy atom. The summed E-state index contributed by atoms with van der Waals surface area (Å²) in [5.74, 6) is -0.906. The Kier molecular flexibility index (Phi) is 4.96. The van der Waals surface area contributed by atoms with E-state index in [-0.39, 0.29) is 12.0 Å². The van der Waals surface area contributed by atoms with E-state index < -0.39 is 5.97 Å². The van der Waals surface area contributed by atoms with Crippen LogP contribution in [0.1, 0.15) is 32.6 Å². The van der Waals surface area contributed by atoms with Crippen LogP contribution < -0.4 is 5.32 Å². The van der Waals surface area contributed by atoms with Crippen molar-refractivity contribution in [3.8, 4) is 0 Å². The molecule has 16 heavy (non-hydrogen) atoms. The number of aliphatic hydroxyl groups excluding tert-OH is 1. The van der Waals surface area contributed by atoms with Crippen molar-refractivity contribution >= 4 is 5.97 Å². The Morgan fingerprint density at radius 2 is 2.06 bits per heavy atom. The first kappa shape index (κ1) is 13.2. The standard InChI is InChI=1S/C12H21NO3/c1-10(6-11(15)16)7-13-8-12(9-14)4-2-3-5-12/h6,13-14H,2-5,7-9H2,1H3,(H,15,16). The Hall–Kier alpha value is -0.870. The summed E-state index contributed by atoms with van der Waals surface area (Å²) in [6.07, 6.45) is 5.72. The second-order valence-corrected chi connectivity index (χ2v) is 4.80. The fraction of sp³-hybridized carbons (Fsp3) is 0.750. The molecule has 4 nitrogen and oxygen atoms in total. The summed E-state index contributed by atoms with van der Waals surface area (Å²) in [6, 6.07) is 0. The molecule has 1 aliphatic rings. The van der Waals surface area contributed by atoms with E-state index in [1.54, 1.807) is 6.92 Å². The van der Waals surface area contributed by atoms with Gasteiger partial charge in [0.1, 0.15) is 0 Å². The number of aliphatic hydroxyl groups is 1. The van der Waals surface area contributed by atoms with Gasteiger partial charge in [-0.15, -0.1) is 0 Å². The molecule has 1 rings (SSSR count). The zero-order chi connectivity index (χ0) is 12.0. The zero-order valence-corrected chi connectivity index (χ0v) is 9.83. The second-order valence-electron chi connectivity index (χ2n) is 4.80. The molecule has 3 N–H and O–H groups in total. The average Bonchev–Trinajstić information content (AvgIpc) is 2.66. The molecule has 4 heteroatoms. The molecule has 1 saturated carbocycles. The number of hydrogen-bond donors (Lipinski definition) is 3. The largest absolute Gasteiger partial charge is 0.478 e. The number of carboxylic acids is 1. The fourth-order valence-corrected chi connectivity index (χ4v) is 2.30. The van der Waals surface area contributed by atoms with E-state index in [4.69, 9.17) is 5.11 Å². The third kappa shape index (κ3) is 3.94. The maximum Gasteiger partial charge on any atom is 0.328 e. The molecule has 0 aromatic heterocycles. The SMILES string of the molecule is CC(=CC(=O)O)CNCC1(CO)CCCC1. The molecule has 92 valence electrons. The van der Waals surface area contributed by atoms with Gasteiger partial charge in [0.2, 0.25) is 0 Å². The van der Waals surface area contributed by atoms with Crippen LogP contribution in [-0.2, 0) is 4.79 Å². The van der Waals surface area contributed by atoms with Gasteiger partial charge in [0.15, 0.2) is 0 Å². The minimum absolute atomic E-state index is 0.0313. The van der Waals surface area contributed by atoms with Crippen LogP contribution in [0.5, 0.6) is 0 Å². The molecule has 0 bridgehead atoms. The van der Waals surface area contributed by atoms with Crippen molar-refractivity contribution in [3.05, 3.63) is 11.6 Å². The van der Waals surface area contributed by atoms with Crippen LogP contribution in [0.3, 0.4) is 0 Å². The summed E-state index contributed by atoms with van der Waals surface area (Å²) in [5.41, 5.74) is 0.836. The van der Waals surface area contributed by atoms with Crippen molar-refractivity contribution in [3.63, 3.8) is 0 Å². The molecule has 0 atom stereocenters. The normalized spacial score (nSPS) is 20.0. The number of aliphatic carboxylic acids is 1. The first-order valence-corrected chi connectivity index (χ1v) is 5.80. The lowest BCUT2D eigenvalue weighted by Gasteiger charge is -2.26. The van der Waals surface area contributed by atoms with Gasteiger partial charge in [-0.3, -0.25) is 0 Å². The quantitative estimate of drug-likeness (QED) is 0.596. The summed E-state index contributed by atoms with van der Waals surface area (Å²) in [7, 11) is 0. The molecule has 0 radical (unpaired) electrons. The predicted octanol–water partition coefficient (Wildman–Crippen LogP) is 1.16. The van der Waals surface area contributed by atoms with Gasteiger partial charge in [0, 0.05) is 31.2 Å². The van der Waals surface area contributed by atoms with Gasteiger partial charge in [-0.25, -0.2) is 4.79 Å². The molecule has 1 aliphatic carbocycles. The summed E-state index contributed by atoms with van der Waals surface area (Å²) in [5, 5.41) is 21.2. The van der Waals surface area contributed by atoms with E-state index in [2.05, 4.69) is 5.32 Å². The zero-order valence-electron chi connectivity index (χ0n) is 9.83. The molecular weight excluding hydrogens is 206 g/mol. The van der Waals surface area contributed by atoms with Crippen LogP contribution >= 0.6 is 0 Å². The van der Waals surface area contributed by atoms with Crippen LogP contribution in [0.15, 0.2) is 11.6 Å². The average molecular weight is 227 g/mol. The maximum absolute atomic E-state index is 10.4. The van der Waals surface area contributed by atoms with Crippen LogP contribution in [0, 0.1) is 5.41 Å². The number of carbonyl (C=O) groups is 1. The minimum atomic E-state index is -0.906. The molecule has 0 aliphatic heterocycles. The van der Waals surface area contributed by atoms with E-state index >= 15 is 0 Å². The smallest absolute Gasteiger partial charge is 0.328 e. The topological polar surface area (TPSA) is 69.6 Å². The van der Waals surface area contributed by atoms with Crippen molar-refractivity contribution in [2.45, 2.75) is 32.6 Å². The van der Waals surface area contributed by atoms with Crippen LogP contribution in [0.25, 0.3) is 0 Å². The van der Waals surface area contributed by atoms with E-state index in [0.29, 0.717) is 6.54 Å². The van der Waals surface area contributed by atoms with Gasteiger partial charge in [0.05, 0.1) is 0 Å². The Bertz CT molecular complexity index is 267. The summed E-state index contributed by atoms with van der Waals surface area (Å²) in [6.45, 7) is 3.37. The first-order chi connectivity index (χ1) is 7.58. The first-order valence-electron chi connectivity index (χ1n) is 5.80. The number of carboxylic acid groups (broad SMARTS) is 1. The highest BCUT2D eigenvalue weighted by Crippen LogP contribution is 2.36. The van der Waals surface area contributed by atoms with Crippen LogP contribution in [0.2, 0.25) is 0 Å². The van der Waals surface area contributed by atoms with E-state index in [1.165, 1.54) is 18.9 Å². The van der Waals surface area contributed by atoms with E-state index in [1.807, 2.05) is 0 Å². The molecule has 1 fully saturated rings. The second kappa shape index (κ2) is 6.01. The van der Waals surface area contributed by atoms with Crippen LogP contribution in [0.4, 0.5) is 0 Å². The molecule has 0 unspecified atom stereocenters. The van der Waals surface area contributed by atoms with Gasteiger partial charge in [0.25, 0.3) is 0 Å². The maximum atomic E-state index is 10.4. The van der Waals surface area contributed by atoms with Gasteiger partial charge in [-0.2, -0.15) is 0 Å². The third-order valence-electron chi connectivity index (χ3n) is 3.27. The van der Waals surface area contributed by atoms with Crippen molar-refractivity contribution in [2.24, 2.45) is 5.41 Å². The molecular formula is C12H21NO3. The van der Waals surface area contributed by atoms with E-state index in [0.717, 1.165) is 25.0 Å². The lowest BCUT2D eigenvalue weighted by atomic mass is 9.87. The predicted molar refractivity (Wildman–Crippen MR) is 62.2 cm³/mol. The molecule has 0 aromatic rings. The summed E-state index contributed by atoms with van der Waals surface area (Å²) >= 11 is 0. The van der Waals surface area contributed by atoms with E-state index in [9.17, 15) is 9.90 Å². The molecule has 0 heterocycles. The summed E-state index contributed by atoms with van der Waals surface area (Å²) in [4.78, 5) is 10.4. The molecule has 0 aromatic carbocycles. The molecule has 0 spiro atoms. The lowest BCUT2D eigenvalue weighted by molar-refractivity contribution is -0.131. The van der Waals surface area contributed by atoms with Gasteiger partial charge in [-0.1, -0.05) is 18.4 Å². The Labute approximate surface area is 96.4 Å². The summed E-state index contributed by atoms with van der Waals surface area (Å²) < 4.78 is 0. The lowest BCUT2D eigenvalue weighted by Crippen LogP contribution is -2.35. The van der Waals surface area contributed by atoms with Crippen molar-refractivity contribution in [1.29, 1.82) is 0 Å². The van der Waals surface area contributed by atoms with Crippen molar-refractivity contribution in [2.75, 3.05) is 19.7 Å².